The summed E-state index contributed by atoms with van der Waals surface area (Å²) in [5.41, 5.74) is 1.05. The van der Waals surface area contributed by atoms with Gasteiger partial charge in [-0.05, 0) is 17.7 Å². The van der Waals surface area contributed by atoms with Gasteiger partial charge in [0.15, 0.2) is 0 Å². The van der Waals surface area contributed by atoms with Gasteiger partial charge in [0.25, 0.3) is 5.69 Å². The lowest BCUT2D eigenvalue weighted by Crippen LogP contribution is -2.00. The van der Waals surface area contributed by atoms with Crippen LogP contribution in [-0.2, 0) is 5.75 Å². The van der Waals surface area contributed by atoms with E-state index in [2.05, 4.69) is 5.32 Å². The van der Waals surface area contributed by atoms with E-state index in [1.807, 2.05) is 0 Å². The van der Waals surface area contributed by atoms with Crippen LogP contribution in [0, 0.1) is 21.7 Å². The molecule has 0 radical (unpaired) electrons. The van der Waals surface area contributed by atoms with Crippen molar-refractivity contribution in [1.82, 2.24) is 0 Å². The fraction of sp³-hybridized carbons (Fsp3) is 0.143. The molecule has 0 aliphatic carbocycles. The van der Waals surface area contributed by atoms with Gasteiger partial charge in [-0.1, -0.05) is 12.1 Å². The summed E-state index contributed by atoms with van der Waals surface area (Å²) in [5.74, 6) is -0.944. The number of anilines is 1. The van der Waals surface area contributed by atoms with Crippen molar-refractivity contribution in [1.29, 1.82) is 0 Å². The number of para-hydroxylation sites is 1. The fourth-order valence-corrected chi connectivity index (χ4v) is 2.81. The lowest BCUT2D eigenvalue weighted by atomic mass is 10.1. The summed E-state index contributed by atoms with van der Waals surface area (Å²) in [4.78, 5) is 10.8. The Labute approximate surface area is 124 Å². The minimum Gasteiger partial charge on any atom is -0.382 e. The highest BCUT2D eigenvalue weighted by atomic mass is 32.2. The Bertz CT molecular complexity index is 680. The summed E-state index contributed by atoms with van der Waals surface area (Å²) < 4.78 is 26.4. The number of benzene rings is 2. The molecule has 21 heavy (non-hydrogen) atoms. The first-order valence-electron chi connectivity index (χ1n) is 6.05. The maximum Gasteiger partial charge on any atom is 0.292 e. The van der Waals surface area contributed by atoms with Crippen molar-refractivity contribution < 1.29 is 13.7 Å². The van der Waals surface area contributed by atoms with Crippen LogP contribution in [-0.4, -0.2) is 12.0 Å². The molecule has 7 heteroatoms. The van der Waals surface area contributed by atoms with Crippen LogP contribution in [0.5, 0.6) is 0 Å². The molecule has 4 nitrogen and oxygen atoms in total. The fourth-order valence-electron chi connectivity index (χ4n) is 1.90. The number of halogens is 2. The summed E-state index contributed by atoms with van der Waals surface area (Å²) in [5, 5.41) is 13.8. The van der Waals surface area contributed by atoms with Gasteiger partial charge in [0, 0.05) is 29.8 Å². The quantitative estimate of drug-likeness (QED) is 0.511. The standard InChI is InChI=1S/C14H12F2N2O2S/c1-17-14-9(3-2-4-12(14)18(19)20)8-21-13-6-5-10(15)7-11(13)16/h2-7,17H,8H2,1H3. The molecule has 0 saturated carbocycles. The van der Waals surface area contributed by atoms with Gasteiger partial charge in [-0.15, -0.1) is 11.8 Å². The lowest BCUT2D eigenvalue weighted by molar-refractivity contribution is -0.384. The van der Waals surface area contributed by atoms with Crippen molar-refractivity contribution in [3.63, 3.8) is 0 Å². The monoisotopic (exact) mass is 310 g/mol. The minimum atomic E-state index is -0.642. The SMILES string of the molecule is CNc1c(CSc2ccc(F)cc2F)cccc1[N+](=O)[O-]. The summed E-state index contributed by atoms with van der Waals surface area (Å²) in [7, 11) is 1.59. The summed E-state index contributed by atoms with van der Waals surface area (Å²) in [6, 6.07) is 8.06. The maximum absolute atomic E-state index is 13.6. The molecule has 0 aromatic heterocycles. The molecule has 2 aromatic carbocycles. The molecule has 2 aromatic rings. The normalized spacial score (nSPS) is 10.4. The van der Waals surface area contributed by atoms with Crippen LogP contribution in [0.1, 0.15) is 5.56 Å². The molecule has 0 saturated heterocycles. The number of thioether (sulfide) groups is 1. The molecule has 0 unspecified atom stereocenters. The van der Waals surface area contributed by atoms with E-state index in [0.717, 1.165) is 17.8 Å². The Morgan fingerprint density at radius 2 is 2.05 bits per heavy atom. The van der Waals surface area contributed by atoms with Crippen molar-refractivity contribution in [3.8, 4) is 0 Å². The summed E-state index contributed by atoms with van der Waals surface area (Å²) in [6.07, 6.45) is 0. The third-order valence-electron chi connectivity index (χ3n) is 2.85. The molecule has 0 heterocycles. The zero-order chi connectivity index (χ0) is 15.4. The van der Waals surface area contributed by atoms with Crippen molar-refractivity contribution in [2.45, 2.75) is 10.6 Å². The Morgan fingerprint density at radius 3 is 2.67 bits per heavy atom. The van der Waals surface area contributed by atoms with E-state index >= 15 is 0 Å². The van der Waals surface area contributed by atoms with Crippen LogP contribution >= 0.6 is 11.8 Å². The third-order valence-corrected chi connectivity index (χ3v) is 3.95. The van der Waals surface area contributed by atoms with Crippen LogP contribution in [0.4, 0.5) is 20.2 Å². The topological polar surface area (TPSA) is 55.2 Å². The number of rotatable bonds is 5. The first-order valence-corrected chi connectivity index (χ1v) is 7.03. The molecular weight excluding hydrogens is 298 g/mol. The summed E-state index contributed by atoms with van der Waals surface area (Å²) >= 11 is 1.15. The van der Waals surface area contributed by atoms with Gasteiger partial charge < -0.3 is 5.32 Å². The molecule has 2 rings (SSSR count). The molecule has 0 amide bonds. The second-order valence-electron chi connectivity index (χ2n) is 4.18. The van der Waals surface area contributed by atoms with Gasteiger partial charge in [-0.2, -0.15) is 0 Å². The second kappa shape index (κ2) is 6.53. The van der Waals surface area contributed by atoms with Crippen molar-refractivity contribution >= 4 is 23.1 Å². The Kier molecular flexibility index (Phi) is 4.74. The Balaban J connectivity index is 2.24. The van der Waals surface area contributed by atoms with E-state index in [4.69, 9.17) is 0 Å². The lowest BCUT2D eigenvalue weighted by Gasteiger charge is -2.09. The molecule has 0 fully saturated rings. The van der Waals surface area contributed by atoms with E-state index in [1.165, 1.54) is 18.2 Å². The average Bonchev–Trinajstić information content (AvgIpc) is 2.45. The Hall–Kier alpha value is -2.15. The number of nitro groups is 1. The largest absolute Gasteiger partial charge is 0.382 e. The average molecular weight is 310 g/mol. The van der Waals surface area contributed by atoms with Crippen molar-refractivity contribution in [2.24, 2.45) is 0 Å². The predicted molar refractivity (Wildman–Crippen MR) is 78.6 cm³/mol. The molecule has 1 N–H and O–H groups in total. The molecule has 110 valence electrons. The number of nitrogens with one attached hydrogen (secondary N) is 1. The number of hydrogen-bond donors (Lipinski definition) is 1. The van der Waals surface area contributed by atoms with Crippen molar-refractivity contribution in [2.75, 3.05) is 12.4 Å². The minimum absolute atomic E-state index is 0.0322. The molecule has 0 atom stereocenters. The number of hydrogen-bond acceptors (Lipinski definition) is 4. The molecular formula is C14H12F2N2O2S. The second-order valence-corrected chi connectivity index (χ2v) is 5.20. The maximum atomic E-state index is 13.6. The van der Waals surface area contributed by atoms with Crippen LogP contribution in [0.15, 0.2) is 41.3 Å². The molecule has 0 bridgehead atoms. The van der Waals surface area contributed by atoms with Gasteiger partial charge >= 0.3 is 0 Å². The number of nitrogens with zero attached hydrogens (tertiary/aromatic N) is 1. The van der Waals surface area contributed by atoms with E-state index < -0.39 is 16.6 Å². The van der Waals surface area contributed by atoms with E-state index in [0.29, 0.717) is 21.9 Å². The zero-order valence-electron chi connectivity index (χ0n) is 11.1. The van der Waals surface area contributed by atoms with Gasteiger partial charge in [-0.25, -0.2) is 8.78 Å². The van der Waals surface area contributed by atoms with E-state index in [-0.39, 0.29) is 5.69 Å². The van der Waals surface area contributed by atoms with E-state index in [1.54, 1.807) is 19.2 Å². The van der Waals surface area contributed by atoms with Gasteiger partial charge in [-0.3, -0.25) is 10.1 Å². The Morgan fingerprint density at radius 1 is 1.29 bits per heavy atom. The first-order chi connectivity index (χ1) is 10.0. The van der Waals surface area contributed by atoms with E-state index in [9.17, 15) is 18.9 Å². The van der Waals surface area contributed by atoms with Crippen LogP contribution in [0.3, 0.4) is 0 Å². The number of nitro benzene ring substituents is 1. The van der Waals surface area contributed by atoms with Gasteiger partial charge in [0.05, 0.1) is 4.92 Å². The van der Waals surface area contributed by atoms with Crippen LogP contribution in [0.2, 0.25) is 0 Å². The highest BCUT2D eigenvalue weighted by Crippen LogP contribution is 2.33. The highest BCUT2D eigenvalue weighted by Gasteiger charge is 2.16. The first kappa shape index (κ1) is 15.2. The molecule has 0 spiro atoms. The predicted octanol–water partition coefficient (Wildman–Crippen LogP) is 4.21. The highest BCUT2D eigenvalue weighted by molar-refractivity contribution is 7.98. The third kappa shape index (κ3) is 3.49. The van der Waals surface area contributed by atoms with Crippen LogP contribution < -0.4 is 5.32 Å². The smallest absolute Gasteiger partial charge is 0.292 e. The van der Waals surface area contributed by atoms with Gasteiger partial charge in [0.1, 0.15) is 17.3 Å². The van der Waals surface area contributed by atoms with Crippen LogP contribution in [0.25, 0.3) is 0 Å². The van der Waals surface area contributed by atoms with Crippen molar-refractivity contribution in [3.05, 3.63) is 63.7 Å². The van der Waals surface area contributed by atoms with Gasteiger partial charge in [0.2, 0.25) is 0 Å². The summed E-state index contributed by atoms with van der Waals surface area (Å²) in [6.45, 7) is 0. The molecule has 0 aliphatic heterocycles. The molecule has 0 aliphatic rings. The zero-order valence-corrected chi connectivity index (χ0v) is 11.9.